The molecule has 12 heavy (non-hydrogen) atoms. The average Bonchev–Trinajstić information content (AvgIpc) is 2.26. The summed E-state index contributed by atoms with van der Waals surface area (Å²) < 4.78 is 0. The van der Waals surface area contributed by atoms with Gasteiger partial charge in [0.2, 0.25) is 0 Å². The zero-order valence-corrected chi connectivity index (χ0v) is 9.77. The van der Waals surface area contributed by atoms with Gasteiger partial charge < -0.3 is 0 Å². The maximum absolute atomic E-state index is 4.15. The van der Waals surface area contributed by atoms with Crippen LogP contribution in [0.2, 0.25) is 0 Å². The molecule has 4 atom stereocenters. The van der Waals surface area contributed by atoms with Crippen molar-refractivity contribution in [1.82, 2.24) is 0 Å². The molecule has 1 aliphatic carbocycles. The van der Waals surface area contributed by atoms with Gasteiger partial charge in [0, 0.05) is 0 Å². The summed E-state index contributed by atoms with van der Waals surface area (Å²) in [5.41, 5.74) is 0. The van der Waals surface area contributed by atoms with E-state index in [1.807, 2.05) is 0 Å². The van der Waals surface area contributed by atoms with Crippen molar-refractivity contribution in [2.24, 2.45) is 17.8 Å². The Labute approximate surface area is 78.1 Å². The first-order valence-electron chi connectivity index (χ1n) is 5.24. The van der Waals surface area contributed by atoms with Crippen LogP contribution < -0.4 is 0 Å². The average molecular weight is 186 g/mol. The molecule has 72 valence electrons. The highest BCUT2D eigenvalue weighted by molar-refractivity contribution is 7.54. The molecule has 0 saturated heterocycles. The molecule has 0 aromatic heterocycles. The molecule has 1 rings (SSSR count). The zero-order chi connectivity index (χ0) is 9.14. The van der Waals surface area contributed by atoms with Gasteiger partial charge in [-0.15, -0.1) is 13.8 Å². The third-order valence-electron chi connectivity index (χ3n) is 3.23. The van der Waals surface area contributed by atoms with E-state index in [0.29, 0.717) is 0 Å². The quantitative estimate of drug-likeness (QED) is 0.593. The van der Waals surface area contributed by atoms with E-state index in [1.165, 1.54) is 25.4 Å². The van der Waals surface area contributed by atoms with Gasteiger partial charge in [-0.05, 0) is 49.8 Å². The smallest absolute Gasteiger partial charge is 0.0357 e. The Balaban J connectivity index is 2.28. The lowest BCUT2D eigenvalue weighted by Crippen LogP contribution is -2.04. The predicted octanol–water partition coefficient (Wildman–Crippen LogP) is 3.33. The Kier molecular flexibility index (Phi) is 3.90. The Morgan fingerprint density at radius 2 is 2.00 bits per heavy atom. The highest BCUT2D eigenvalue weighted by Crippen LogP contribution is 2.39. The molecular formula is C11H23P. The molecule has 0 N–H and O–H groups in total. The first-order chi connectivity index (χ1) is 5.59. The third-order valence-corrected chi connectivity index (χ3v) is 4.37. The summed E-state index contributed by atoms with van der Waals surface area (Å²) in [5.74, 6) is 3.00. The largest absolute Gasteiger partial charge is 0.128 e. The van der Waals surface area contributed by atoms with E-state index in [4.69, 9.17) is 0 Å². The zero-order valence-electron chi connectivity index (χ0n) is 8.77. The first-order valence-corrected chi connectivity index (χ1v) is 7.65. The van der Waals surface area contributed by atoms with Gasteiger partial charge in [-0.1, -0.05) is 13.8 Å². The van der Waals surface area contributed by atoms with Crippen molar-refractivity contribution in [2.75, 3.05) is 12.8 Å². The van der Waals surface area contributed by atoms with Crippen LogP contribution in [0.25, 0.3) is 0 Å². The Bertz CT molecular complexity index is 162. The van der Waals surface area contributed by atoms with Crippen LogP contribution in [0.1, 0.15) is 33.1 Å². The van der Waals surface area contributed by atoms with Gasteiger partial charge in [-0.3, -0.25) is 0 Å². The van der Waals surface area contributed by atoms with E-state index in [1.54, 1.807) is 0 Å². The van der Waals surface area contributed by atoms with Crippen molar-refractivity contribution in [3.05, 3.63) is 0 Å². The number of rotatable bonds is 3. The normalized spacial score (nSPS) is 38.4. The number of hydrogen-bond acceptors (Lipinski definition) is 0. The second-order valence-corrected chi connectivity index (χ2v) is 7.22. The molecule has 0 bridgehead atoms. The van der Waals surface area contributed by atoms with Crippen LogP contribution >= 0.6 is 7.55 Å². The SMILES string of the molecule is C=[PH](C)CCC1CC(C)CC1C. The molecule has 4 unspecified atom stereocenters. The van der Waals surface area contributed by atoms with Crippen molar-refractivity contribution in [1.29, 1.82) is 0 Å². The van der Waals surface area contributed by atoms with E-state index < -0.39 is 0 Å². The summed E-state index contributed by atoms with van der Waals surface area (Å²) in [7, 11) is -0.212. The van der Waals surface area contributed by atoms with Gasteiger partial charge in [0.1, 0.15) is 0 Å². The molecule has 0 aliphatic heterocycles. The molecule has 0 radical (unpaired) electrons. The van der Waals surface area contributed by atoms with Gasteiger partial charge in [0.15, 0.2) is 0 Å². The van der Waals surface area contributed by atoms with Crippen LogP contribution in [-0.2, 0) is 0 Å². The topological polar surface area (TPSA) is 0 Å². The fourth-order valence-corrected chi connectivity index (χ4v) is 3.37. The minimum Gasteiger partial charge on any atom is -0.128 e. The molecule has 0 aromatic carbocycles. The first kappa shape index (κ1) is 10.4. The Morgan fingerprint density at radius 3 is 2.42 bits per heavy atom. The van der Waals surface area contributed by atoms with E-state index >= 15 is 0 Å². The van der Waals surface area contributed by atoms with Crippen LogP contribution in [0.5, 0.6) is 0 Å². The van der Waals surface area contributed by atoms with E-state index in [9.17, 15) is 0 Å². The van der Waals surface area contributed by atoms with Gasteiger partial charge in [-0.2, -0.15) is 0 Å². The van der Waals surface area contributed by atoms with Crippen molar-refractivity contribution in [3.8, 4) is 0 Å². The van der Waals surface area contributed by atoms with Crippen LogP contribution in [-0.4, -0.2) is 19.1 Å². The predicted molar refractivity (Wildman–Crippen MR) is 61.9 cm³/mol. The van der Waals surface area contributed by atoms with Crippen LogP contribution in [0.4, 0.5) is 0 Å². The third kappa shape index (κ3) is 2.98. The molecule has 0 spiro atoms. The lowest BCUT2D eigenvalue weighted by atomic mass is 9.96. The van der Waals surface area contributed by atoms with Crippen molar-refractivity contribution in [2.45, 2.75) is 33.1 Å². The van der Waals surface area contributed by atoms with Crippen molar-refractivity contribution in [3.63, 3.8) is 0 Å². The van der Waals surface area contributed by atoms with E-state index in [0.717, 1.165) is 17.8 Å². The maximum Gasteiger partial charge on any atom is -0.0357 e. The minimum atomic E-state index is -0.212. The van der Waals surface area contributed by atoms with E-state index in [-0.39, 0.29) is 7.55 Å². The Hall–Kier alpha value is 0.300. The molecule has 1 saturated carbocycles. The molecule has 0 aromatic rings. The monoisotopic (exact) mass is 186 g/mol. The Morgan fingerprint density at radius 1 is 1.33 bits per heavy atom. The van der Waals surface area contributed by atoms with Gasteiger partial charge >= 0.3 is 0 Å². The molecule has 1 fully saturated rings. The van der Waals surface area contributed by atoms with Crippen molar-refractivity contribution < 1.29 is 0 Å². The highest BCUT2D eigenvalue weighted by atomic mass is 31.1. The fraction of sp³-hybridized carbons (Fsp3) is 0.909. The highest BCUT2D eigenvalue weighted by Gasteiger charge is 2.27. The standard InChI is InChI=1S/C11H23P/c1-9-7-10(2)11(8-9)5-6-12(3)4/h9-12H,3,5-8H2,1-2,4H3. The fourth-order valence-electron chi connectivity index (χ4n) is 2.51. The van der Waals surface area contributed by atoms with Crippen molar-refractivity contribution >= 4 is 13.8 Å². The van der Waals surface area contributed by atoms with E-state index in [2.05, 4.69) is 26.8 Å². The lowest BCUT2D eigenvalue weighted by molar-refractivity contribution is 0.409. The second-order valence-electron chi connectivity index (χ2n) is 4.81. The summed E-state index contributed by atoms with van der Waals surface area (Å²) in [6.45, 7) is 7.16. The molecule has 0 heterocycles. The van der Waals surface area contributed by atoms with Gasteiger partial charge in [0.05, 0.1) is 0 Å². The summed E-state index contributed by atoms with van der Waals surface area (Å²) in [4.78, 5) is 0. The summed E-state index contributed by atoms with van der Waals surface area (Å²) in [5, 5.41) is 0. The number of hydrogen-bond donors (Lipinski definition) is 0. The molecule has 1 heteroatoms. The maximum atomic E-state index is 4.15. The second kappa shape index (κ2) is 4.51. The summed E-state index contributed by atoms with van der Waals surface area (Å²) in [6.07, 6.45) is 9.97. The lowest BCUT2D eigenvalue weighted by Gasteiger charge is -2.14. The van der Waals surface area contributed by atoms with Gasteiger partial charge in [0.25, 0.3) is 0 Å². The van der Waals surface area contributed by atoms with Crippen LogP contribution in [0.3, 0.4) is 0 Å². The minimum absolute atomic E-state index is 0.212. The molecule has 1 aliphatic rings. The summed E-state index contributed by atoms with van der Waals surface area (Å²) in [6, 6.07) is 0. The van der Waals surface area contributed by atoms with Crippen LogP contribution in [0.15, 0.2) is 0 Å². The molecule has 0 nitrogen and oxygen atoms in total. The molecular weight excluding hydrogens is 163 g/mol. The summed E-state index contributed by atoms with van der Waals surface area (Å²) >= 11 is 0. The van der Waals surface area contributed by atoms with Gasteiger partial charge in [-0.25, -0.2) is 0 Å². The molecule has 0 amide bonds. The van der Waals surface area contributed by atoms with Crippen LogP contribution in [0, 0.1) is 17.8 Å².